The molecule has 1 aromatic rings. The lowest BCUT2D eigenvalue weighted by Gasteiger charge is -2.24. The second-order valence-corrected chi connectivity index (χ2v) is 10.00. The van der Waals surface area contributed by atoms with E-state index < -0.39 is 25.2 Å². The molecule has 2 aliphatic carbocycles. The Morgan fingerprint density at radius 2 is 1.44 bits per heavy atom. The molecule has 0 unspecified atom stereocenters. The molecule has 0 radical (unpaired) electrons. The summed E-state index contributed by atoms with van der Waals surface area (Å²) >= 11 is 0. The number of carbonyl (C=O) groups excluding carboxylic acids is 2. The fourth-order valence-corrected chi connectivity index (χ4v) is 4.80. The number of unbranched alkanes of at least 4 members (excludes halogenated alkanes) is 2. The van der Waals surface area contributed by atoms with Gasteiger partial charge in [-0.05, 0) is 84.9 Å². The second kappa shape index (κ2) is 14.6. The summed E-state index contributed by atoms with van der Waals surface area (Å²) in [4.78, 5) is 24.6. The van der Waals surface area contributed by atoms with Crippen molar-refractivity contribution in [2.24, 2.45) is 0 Å². The lowest BCUT2D eigenvalue weighted by atomic mass is 9.81. The average molecular weight is 533 g/mol. The first-order valence-electron chi connectivity index (χ1n) is 13.8. The van der Waals surface area contributed by atoms with Crippen LogP contribution in [0.4, 0.5) is 0 Å². The molecule has 0 bridgehead atoms. The second-order valence-electron chi connectivity index (χ2n) is 10.00. The van der Waals surface area contributed by atoms with Gasteiger partial charge in [-0.25, -0.2) is 9.59 Å². The van der Waals surface area contributed by atoms with E-state index in [1.807, 2.05) is 0 Å². The standard InChI is InChI=1S/C33H40O6/c1-5-7-8-9-24-10-12-26(13-11-24)27-14-15-31(25(6-2)16-27)28-17-29(38-32(36)22(3)20-34)19-30(18-28)39-33(37)23(4)21-35/h10,12,16-19,34-35H,3-9,11,13-15,20-21H2,1-2H3. The highest BCUT2D eigenvalue weighted by Crippen LogP contribution is 2.40. The number of ether oxygens (including phenoxy) is 2. The van der Waals surface area contributed by atoms with Crippen molar-refractivity contribution in [3.8, 4) is 11.5 Å². The van der Waals surface area contributed by atoms with E-state index in [0.717, 1.165) is 43.2 Å². The first kappa shape index (κ1) is 30.1. The number of hydrogen-bond donors (Lipinski definition) is 2. The number of aliphatic hydroxyl groups is 2. The van der Waals surface area contributed by atoms with Crippen molar-refractivity contribution < 1.29 is 29.3 Å². The van der Waals surface area contributed by atoms with Crippen LogP contribution in [0.25, 0.3) is 5.57 Å². The predicted octanol–water partition coefficient (Wildman–Crippen LogP) is 6.71. The van der Waals surface area contributed by atoms with Crippen molar-refractivity contribution in [2.45, 2.75) is 71.6 Å². The van der Waals surface area contributed by atoms with Crippen LogP contribution in [-0.4, -0.2) is 35.4 Å². The molecule has 0 aliphatic heterocycles. The summed E-state index contributed by atoms with van der Waals surface area (Å²) in [6, 6.07) is 4.88. The molecule has 3 rings (SSSR count). The molecule has 0 fully saturated rings. The highest BCUT2D eigenvalue weighted by Gasteiger charge is 2.21. The predicted molar refractivity (Wildman–Crippen MR) is 154 cm³/mol. The quantitative estimate of drug-likeness (QED) is 0.127. The lowest BCUT2D eigenvalue weighted by molar-refractivity contribution is -0.131. The van der Waals surface area contributed by atoms with Crippen LogP contribution >= 0.6 is 0 Å². The summed E-state index contributed by atoms with van der Waals surface area (Å²) in [7, 11) is 0. The largest absolute Gasteiger partial charge is 0.423 e. The minimum absolute atomic E-state index is 0.0883. The van der Waals surface area contributed by atoms with Crippen molar-refractivity contribution in [3.63, 3.8) is 0 Å². The van der Waals surface area contributed by atoms with Crippen molar-refractivity contribution in [1.82, 2.24) is 0 Å². The van der Waals surface area contributed by atoms with E-state index in [2.05, 4.69) is 45.2 Å². The smallest absolute Gasteiger partial charge is 0.341 e. The first-order chi connectivity index (χ1) is 18.8. The summed E-state index contributed by atoms with van der Waals surface area (Å²) in [5.41, 5.74) is 7.14. The van der Waals surface area contributed by atoms with Gasteiger partial charge in [0.05, 0.1) is 24.4 Å². The number of esters is 2. The first-order valence-corrected chi connectivity index (χ1v) is 13.8. The van der Waals surface area contributed by atoms with Gasteiger partial charge in [0.25, 0.3) is 0 Å². The normalized spacial score (nSPS) is 15.2. The van der Waals surface area contributed by atoms with Gasteiger partial charge in [-0.2, -0.15) is 0 Å². The monoisotopic (exact) mass is 532 g/mol. The molecule has 0 saturated carbocycles. The Morgan fingerprint density at radius 1 is 0.821 bits per heavy atom. The van der Waals surface area contributed by atoms with E-state index in [1.165, 1.54) is 54.0 Å². The van der Waals surface area contributed by atoms with Crippen LogP contribution in [-0.2, 0) is 9.59 Å². The van der Waals surface area contributed by atoms with Gasteiger partial charge in [-0.3, -0.25) is 0 Å². The third-order valence-corrected chi connectivity index (χ3v) is 7.12. The SMILES string of the molecule is C=C(CO)C(=O)Oc1cc(OC(=O)C(=C)CO)cc(C2=C(CC)C=C(C3=CC=C(CCCCC)CC3)CC2)c1. The fraction of sp³-hybridized carbons (Fsp3) is 0.394. The van der Waals surface area contributed by atoms with E-state index in [-0.39, 0.29) is 22.6 Å². The van der Waals surface area contributed by atoms with Crippen LogP contribution in [0.3, 0.4) is 0 Å². The minimum Gasteiger partial charge on any atom is -0.423 e. The Labute approximate surface area is 231 Å². The topological polar surface area (TPSA) is 93.1 Å². The summed E-state index contributed by atoms with van der Waals surface area (Å²) in [5, 5.41) is 18.5. The van der Waals surface area contributed by atoms with Gasteiger partial charge in [0, 0.05) is 6.07 Å². The number of rotatable bonds is 13. The molecule has 0 amide bonds. The zero-order valence-electron chi connectivity index (χ0n) is 23.2. The third kappa shape index (κ3) is 8.25. The highest BCUT2D eigenvalue weighted by atomic mass is 16.5. The van der Waals surface area contributed by atoms with Crippen LogP contribution in [0.15, 0.2) is 83.0 Å². The molecule has 2 aliphatic rings. The number of hydrogen-bond acceptors (Lipinski definition) is 6. The fourth-order valence-electron chi connectivity index (χ4n) is 4.80. The summed E-state index contributed by atoms with van der Waals surface area (Å²) in [6.07, 6.45) is 16.5. The van der Waals surface area contributed by atoms with Crippen LogP contribution < -0.4 is 9.47 Å². The Balaban J connectivity index is 1.94. The Kier molecular flexibility index (Phi) is 11.3. The zero-order valence-corrected chi connectivity index (χ0v) is 23.2. The van der Waals surface area contributed by atoms with Gasteiger partial charge in [0.2, 0.25) is 0 Å². The Hall–Kier alpha value is -3.48. The Bertz CT molecular complexity index is 1190. The maximum absolute atomic E-state index is 12.3. The van der Waals surface area contributed by atoms with Crippen molar-refractivity contribution >= 4 is 17.5 Å². The van der Waals surface area contributed by atoms with Gasteiger partial charge in [0.1, 0.15) is 11.5 Å². The summed E-state index contributed by atoms with van der Waals surface area (Å²) in [6.45, 7) is 10.3. The van der Waals surface area contributed by atoms with E-state index >= 15 is 0 Å². The molecule has 6 heteroatoms. The van der Waals surface area contributed by atoms with E-state index in [4.69, 9.17) is 9.47 Å². The molecular formula is C33H40O6. The van der Waals surface area contributed by atoms with Crippen molar-refractivity contribution in [2.75, 3.05) is 13.2 Å². The molecular weight excluding hydrogens is 492 g/mol. The summed E-state index contributed by atoms with van der Waals surface area (Å²) < 4.78 is 10.8. The Morgan fingerprint density at radius 3 is 1.95 bits per heavy atom. The maximum atomic E-state index is 12.3. The number of carbonyl (C=O) groups is 2. The van der Waals surface area contributed by atoms with Gasteiger partial charge in [0.15, 0.2) is 0 Å². The van der Waals surface area contributed by atoms with Crippen LogP contribution in [0, 0.1) is 0 Å². The zero-order chi connectivity index (χ0) is 28.4. The van der Waals surface area contributed by atoms with Gasteiger partial charge in [-0.1, -0.05) is 63.6 Å². The van der Waals surface area contributed by atoms with E-state index in [0.29, 0.717) is 0 Å². The third-order valence-electron chi connectivity index (χ3n) is 7.12. The van der Waals surface area contributed by atoms with E-state index in [1.54, 1.807) is 12.1 Å². The van der Waals surface area contributed by atoms with Crippen LogP contribution in [0.5, 0.6) is 11.5 Å². The van der Waals surface area contributed by atoms with E-state index in [9.17, 15) is 19.8 Å². The molecule has 39 heavy (non-hydrogen) atoms. The molecule has 0 aromatic heterocycles. The maximum Gasteiger partial charge on any atom is 0.341 e. The minimum atomic E-state index is -0.770. The molecule has 6 nitrogen and oxygen atoms in total. The number of aliphatic hydroxyl groups excluding tert-OH is 2. The number of allylic oxidation sites excluding steroid dienone is 8. The molecule has 1 aromatic carbocycles. The van der Waals surface area contributed by atoms with Crippen molar-refractivity contribution in [1.29, 1.82) is 0 Å². The summed E-state index contributed by atoms with van der Waals surface area (Å²) in [5.74, 6) is -1.21. The molecule has 0 spiro atoms. The average Bonchev–Trinajstić information content (AvgIpc) is 2.96. The highest BCUT2D eigenvalue weighted by molar-refractivity contribution is 5.91. The molecule has 208 valence electrons. The van der Waals surface area contributed by atoms with Crippen LogP contribution in [0.2, 0.25) is 0 Å². The van der Waals surface area contributed by atoms with Gasteiger partial charge < -0.3 is 19.7 Å². The van der Waals surface area contributed by atoms with Crippen molar-refractivity contribution in [3.05, 3.63) is 88.6 Å². The molecule has 2 N–H and O–H groups in total. The van der Waals surface area contributed by atoms with Gasteiger partial charge in [-0.15, -0.1) is 0 Å². The molecule has 0 saturated heterocycles. The number of benzene rings is 1. The van der Waals surface area contributed by atoms with Crippen LogP contribution in [0.1, 0.15) is 77.2 Å². The molecule has 0 atom stereocenters. The van der Waals surface area contributed by atoms with Gasteiger partial charge >= 0.3 is 11.9 Å². The lowest BCUT2D eigenvalue weighted by Crippen LogP contribution is -2.15. The molecule has 0 heterocycles.